The number of hydrogen-bond donors (Lipinski definition) is 2. The first-order chi connectivity index (χ1) is 12.7. The summed E-state index contributed by atoms with van der Waals surface area (Å²) in [5, 5.41) is 6.67. The lowest BCUT2D eigenvalue weighted by Gasteiger charge is -2.13. The topological polar surface area (TPSA) is 66.0 Å². The van der Waals surface area contributed by atoms with Crippen molar-refractivity contribution in [1.29, 1.82) is 0 Å². The van der Waals surface area contributed by atoms with Crippen LogP contribution in [0.25, 0.3) is 11.4 Å². The Morgan fingerprint density at radius 1 is 0.885 bits per heavy atom. The normalized spacial score (nSPS) is 10.7. The number of nitrogens with zero attached hydrogens (tertiary/aromatic N) is 4. The number of benzene rings is 1. The summed E-state index contributed by atoms with van der Waals surface area (Å²) < 4.78 is 0. The van der Waals surface area contributed by atoms with Crippen LogP contribution in [0.15, 0.2) is 60.8 Å². The molecule has 1 aromatic carbocycles. The Hall–Kier alpha value is -2.99. The van der Waals surface area contributed by atoms with Gasteiger partial charge in [-0.2, -0.15) is 4.98 Å². The van der Waals surface area contributed by atoms with E-state index in [1.165, 1.54) is 5.56 Å². The van der Waals surface area contributed by atoms with Crippen LogP contribution < -0.4 is 10.6 Å². The minimum absolute atomic E-state index is 0.602. The molecule has 0 bridgehead atoms. The van der Waals surface area contributed by atoms with Gasteiger partial charge in [0.15, 0.2) is 0 Å². The molecular formula is C20H24N6. The maximum atomic E-state index is 4.61. The van der Waals surface area contributed by atoms with Crippen LogP contribution in [0, 0.1) is 0 Å². The number of nitrogens with one attached hydrogen (secondary N) is 2. The molecule has 0 amide bonds. The van der Waals surface area contributed by atoms with Crippen molar-refractivity contribution >= 4 is 11.8 Å². The summed E-state index contributed by atoms with van der Waals surface area (Å²) >= 11 is 0. The molecule has 2 heterocycles. The van der Waals surface area contributed by atoms with E-state index >= 15 is 0 Å². The molecule has 0 aliphatic heterocycles. The van der Waals surface area contributed by atoms with Crippen LogP contribution in [-0.4, -0.2) is 47.0 Å². The smallest absolute Gasteiger partial charge is 0.225 e. The summed E-state index contributed by atoms with van der Waals surface area (Å²) in [5.74, 6) is 1.38. The minimum atomic E-state index is 0.602. The van der Waals surface area contributed by atoms with Crippen LogP contribution >= 0.6 is 0 Å². The fourth-order valence-corrected chi connectivity index (χ4v) is 2.44. The van der Waals surface area contributed by atoms with E-state index in [1.807, 2.05) is 56.6 Å². The Bertz CT molecular complexity index is 805. The summed E-state index contributed by atoms with van der Waals surface area (Å²) in [4.78, 5) is 15.7. The minimum Gasteiger partial charge on any atom is -0.366 e. The van der Waals surface area contributed by atoms with Crippen molar-refractivity contribution in [1.82, 2.24) is 19.9 Å². The Morgan fingerprint density at radius 2 is 1.69 bits per heavy atom. The lowest BCUT2D eigenvalue weighted by atomic mass is 10.2. The van der Waals surface area contributed by atoms with Crippen LogP contribution in [0.5, 0.6) is 0 Å². The average Bonchev–Trinajstić information content (AvgIpc) is 2.67. The number of anilines is 2. The van der Waals surface area contributed by atoms with Gasteiger partial charge in [0.1, 0.15) is 5.82 Å². The molecule has 0 atom stereocenters. The van der Waals surface area contributed by atoms with Crippen molar-refractivity contribution in [2.24, 2.45) is 0 Å². The van der Waals surface area contributed by atoms with Crippen molar-refractivity contribution in [2.75, 3.05) is 37.8 Å². The number of likely N-dealkylation sites (N-methyl/N-ethyl adjacent to an activating group) is 1. The summed E-state index contributed by atoms with van der Waals surface area (Å²) in [6, 6.07) is 18.0. The third-order valence-corrected chi connectivity index (χ3v) is 3.81. The number of rotatable bonds is 8. The molecule has 0 saturated heterocycles. The van der Waals surface area contributed by atoms with Gasteiger partial charge in [-0.05, 0) is 31.8 Å². The molecule has 6 heteroatoms. The molecule has 3 rings (SSSR count). The molecule has 6 nitrogen and oxygen atoms in total. The predicted octanol–water partition coefficient (Wildman–Crippen LogP) is 3.12. The van der Waals surface area contributed by atoms with E-state index in [0.29, 0.717) is 12.5 Å². The van der Waals surface area contributed by atoms with Crippen molar-refractivity contribution in [3.8, 4) is 11.4 Å². The largest absolute Gasteiger partial charge is 0.366 e. The number of pyridine rings is 1. The van der Waals surface area contributed by atoms with Gasteiger partial charge in [-0.3, -0.25) is 4.98 Å². The SMILES string of the molecule is CN(C)CCNc1nc(NCc2ccccc2)cc(-c2ccccn2)n1. The highest BCUT2D eigenvalue weighted by molar-refractivity contribution is 5.60. The lowest BCUT2D eigenvalue weighted by molar-refractivity contribution is 0.425. The fraction of sp³-hybridized carbons (Fsp3) is 0.250. The maximum Gasteiger partial charge on any atom is 0.225 e. The first kappa shape index (κ1) is 17.8. The van der Waals surface area contributed by atoms with Crippen molar-refractivity contribution in [3.63, 3.8) is 0 Å². The Morgan fingerprint density at radius 3 is 2.42 bits per heavy atom. The van der Waals surface area contributed by atoms with Crippen molar-refractivity contribution in [3.05, 3.63) is 66.4 Å². The molecule has 0 aliphatic rings. The summed E-state index contributed by atoms with van der Waals surface area (Å²) in [5.41, 5.74) is 2.82. The third kappa shape index (κ3) is 5.26. The van der Waals surface area contributed by atoms with Gasteiger partial charge in [-0.15, -0.1) is 0 Å². The summed E-state index contributed by atoms with van der Waals surface area (Å²) in [6.07, 6.45) is 1.77. The van der Waals surface area contributed by atoms with Crippen LogP contribution in [0.3, 0.4) is 0 Å². The summed E-state index contributed by atoms with van der Waals surface area (Å²) in [7, 11) is 4.08. The highest BCUT2D eigenvalue weighted by atomic mass is 15.2. The summed E-state index contributed by atoms with van der Waals surface area (Å²) in [6.45, 7) is 2.39. The van der Waals surface area contributed by atoms with Crippen molar-refractivity contribution in [2.45, 2.75) is 6.54 Å². The van der Waals surface area contributed by atoms with Gasteiger partial charge in [-0.25, -0.2) is 4.98 Å². The second-order valence-electron chi connectivity index (χ2n) is 6.25. The highest BCUT2D eigenvalue weighted by Crippen LogP contribution is 2.20. The Balaban J connectivity index is 1.80. The number of aromatic nitrogens is 3. The van der Waals surface area contributed by atoms with E-state index in [-0.39, 0.29) is 0 Å². The Kier molecular flexibility index (Phi) is 6.11. The van der Waals surface area contributed by atoms with Gasteiger partial charge in [0.2, 0.25) is 5.95 Å². The van der Waals surface area contributed by atoms with Gasteiger partial charge in [-0.1, -0.05) is 36.4 Å². The second-order valence-corrected chi connectivity index (χ2v) is 6.25. The van der Waals surface area contributed by atoms with Gasteiger partial charge in [0, 0.05) is 31.9 Å². The first-order valence-corrected chi connectivity index (χ1v) is 8.67. The molecule has 0 spiro atoms. The van der Waals surface area contributed by atoms with Gasteiger partial charge in [0.25, 0.3) is 0 Å². The molecule has 0 radical (unpaired) electrons. The van der Waals surface area contributed by atoms with Gasteiger partial charge < -0.3 is 15.5 Å². The molecule has 2 aromatic heterocycles. The number of hydrogen-bond acceptors (Lipinski definition) is 6. The molecule has 3 aromatic rings. The molecule has 0 unspecified atom stereocenters. The van der Waals surface area contributed by atoms with Crippen LogP contribution in [-0.2, 0) is 6.54 Å². The van der Waals surface area contributed by atoms with Crippen LogP contribution in [0.2, 0.25) is 0 Å². The molecule has 0 fully saturated rings. The third-order valence-electron chi connectivity index (χ3n) is 3.81. The van der Waals surface area contributed by atoms with Gasteiger partial charge in [0.05, 0.1) is 11.4 Å². The molecule has 0 aliphatic carbocycles. The highest BCUT2D eigenvalue weighted by Gasteiger charge is 2.08. The molecule has 26 heavy (non-hydrogen) atoms. The van der Waals surface area contributed by atoms with Gasteiger partial charge >= 0.3 is 0 Å². The zero-order valence-electron chi connectivity index (χ0n) is 15.2. The van der Waals surface area contributed by atoms with E-state index in [1.54, 1.807) is 6.20 Å². The predicted molar refractivity (Wildman–Crippen MR) is 106 cm³/mol. The van der Waals surface area contributed by atoms with E-state index in [9.17, 15) is 0 Å². The molecular weight excluding hydrogens is 324 g/mol. The lowest BCUT2D eigenvalue weighted by Crippen LogP contribution is -2.21. The van der Waals surface area contributed by atoms with E-state index < -0.39 is 0 Å². The monoisotopic (exact) mass is 348 g/mol. The molecule has 2 N–H and O–H groups in total. The zero-order chi connectivity index (χ0) is 18.2. The van der Waals surface area contributed by atoms with Crippen LogP contribution in [0.1, 0.15) is 5.56 Å². The van der Waals surface area contributed by atoms with Crippen LogP contribution in [0.4, 0.5) is 11.8 Å². The zero-order valence-corrected chi connectivity index (χ0v) is 15.2. The van der Waals surface area contributed by atoms with Crippen molar-refractivity contribution < 1.29 is 0 Å². The molecule has 0 saturated carbocycles. The molecule has 134 valence electrons. The van der Waals surface area contributed by atoms with E-state index in [4.69, 9.17) is 0 Å². The fourth-order valence-electron chi connectivity index (χ4n) is 2.44. The first-order valence-electron chi connectivity index (χ1n) is 8.67. The Labute approximate surface area is 154 Å². The van der Waals surface area contributed by atoms with E-state index in [2.05, 4.69) is 42.6 Å². The average molecular weight is 348 g/mol. The second kappa shape index (κ2) is 8.92. The quantitative estimate of drug-likeness (QED) is 0.652. The standard InChI is InChI=1S/C20H24N6/c1-26(2)13-12-22-20-24-18(17-10-6-7-11-21-17)14-19(25-20)23-15-16-8-4-3-5-9-16/h3-11,14H,12-13,15H2,1-2H3,(H2,22,23,24,25). The maximum absolute atomic E-state index is 4.61. The van der Waals surface area contributed by atoms with E-state index in [0.717, 1.165) is 30.3 Å².